The van der Waals surface area contributed by atoms with Crippen molar-refractivity contribution < 1.29 is 0 Å². The van der Waals surface area contributed by atoms with Gasteiger partial charge in [0.2, 0.25) is 0 Å². The second-order valence-corrected chi connectivity index (χ2v) is 6.04. The van der Waals surface area contributed by atoms with Gasteiger partial charge in [0.25, 0.3) is 0 Å². The molecule has 3 heteroatoms. The van der Waals surface area contributed by atoms with Gasteiger partial charge in [0.05, 0.1) is 12.0 Å². The number of rotatable bonds is 6. The summed E-state index contributed by atoms with van der Waals surface area (Å²) in [6.45, 7) is 10.2. The molecule has 1 aromatic rings. The molecule has 0 amide bonds. The van der Waals surface area contributed by atoms with Crippen molar-refractivity contribution in [1.29, 1.82) is 0 Å². The minimum atomic E-state index is 0.394. The molecule has 0 spiro atoms. The van der Waals surface area contributed by atoms with Crippen molar-refractivity contribution in [2.24, 2.45) is 12.5 Å². The molecule has 17 heavy (non-hydrogen) atoms. The van der Waals surface area contributed by atoms with Crippen LogP contribution in [0.1, 0.15) is 58.7 Å². The van der Waals surface area contributed by atoms with Gasteiger partial charge in [-0.05, 0) is 31.2 Å². The van der Waals surface area contributed by atoms with Crippen LogP contribution >= 0.6 is 0 Å². The molecule has 1 aromatic heterocycles. The first-order valence-electron chi connectivity index (χ1n) is 6.63. The highest BCUT2D eigenvalue weighted by atomic mass is 15.1. The largest absolute Gasteiger partial charge is 0.336 e. The van der Waals surface area contributed by atoms with Crippen LogP contribution in [0, 0.1) is 5.41 Å². The Morgan fingerprint density at radius 3 is 2.59 bits per heavy atom. The van der Waals surface area contributed by atoms with E-state index >= 15 is 0 Å². The molecular weight excluding hydrogens is 210 g/mol. The standard InChI is InChI=1S/C14H27N3/c1-6-9-16-12(7-8-14(2,3)4)13-10-15-11-17(13)5/h10-12,16H,6-9H2,1-5H3. The summed E-state index contributed by atoms with van der Waals surface area (Å²) in [5.74, 6) is 0. The summed E-state index contributed by atoms with van der Waals surface area (Å²) in [5, 5.41) is 3.62. The molecule has 0 aliphatic carbocycles. The number of nitrogens with zero attached hydrogens (tertiary/aromatic N) is 2. The molecule has 0 aliphatic heterocycles. The summed E-state index contributed by atoms with van der Waals surface area (Å²) < 4.78 is 2.12. The second kappa shape index (κ2) is 6.20. The Bertz CT molecular complexity index is 322. The van der Waals surface area contributed by atoms with E-state index in [1.165, 1.54) is 25.0 Å². The van der Waals surface area contributed by atoms with Gasteiger partial charge in [0.1, 0.15) is 0 Å². The summed E-state index contributed by atoms with van der Waals surface area (Å²) >= 11 is 0. The fourth-order valence-electron chi connectivity index (χ4n) is 1.95. The Morgan fingerprint density at radius 2 is 2.12 bits per heavy atom. The highest BCUT2D eigenvalue weighted by Crippen LogP contribution is 2.27. The van der Waals surface area contributed by atoms with Crippen LogP contribution in [0.3, 0.4) is 0 Å². The fourth-order valence-corrected chi connectivity index (χ4v) is 1.95. The Balaban J connectivity index is 2.64. The topological polar surface area (TPSA) is 29.9 Å². The Morgan fingerprint density at radius 1 is 1.41 bits per heavy atom. The summed E-state index contributed by atoms with van der Waals surface area (Å²) in [4.78, 5) is 4.22. The summed E-state index contributed by atoms with van der Waals surface area (Å²) in [6, 6.07) is 0.432. The van der Waals surface area contributed by atoms with E-state index in [0.29, 0.717) is 11.5 Å². The summed E-state index contributed by atoms with van der Waals surface area (Å²) in [6.07, 6.45) is 7.43. The summed E-state index contributed by atoms with van der Waals surface area (Å²) in [7, 11) is 2.07. The van der Waals surface area contributed by atoms with E-state index in [9.17, 15) is 0 Å². The zero-order valence-electron chi connectivity index (χ0n) is 12.0. The number of aryl methyl sites for hydroxylation is 1. The molecule has 1 unspecified atom stereocenters. The molecule has 3 nitrogen and oxygen atoms in total. The molecule has 0 fully saturated rings. The van der Waals surface area contributed by atoms with E-state index in [-0.39, 0.29) is 0 Å². The molecule has 98 valence electrons. The molecular formula is C14H27N3. The number of aromatic nitrogens is 2. The fraction of sp³-hybridized carbons (Fsp3) is 0.786. The van der Waals surface area contributed by atoms with Gasteiger partial charge in [-0.2, -0.15) is 0 Å². The van der Waals surface area contributed by atoms with Crippen LogP contribution in [0.5, 0.6) is 0 Å². The van der Waals surface area contributed by atoms with Crippen molar-refractivity contribution in [2.45, 2.75) is 53.0 Å². The molecule has 0 bridgehead atoms. The van der Waals surface area contributed by atoms with Crippen molar-refractivity contribution in [3.63, 3.8) is 0 Å². The van der Waals surface area contributed by atoms with E-state index in [0.717, 1.165) is 6.54 Å². The molecule has 0 saturated carbocycles. The predicted octanol–water partition coefficient (Wildman–Crippen LogP) is 3.29. The second-order valence-electron chi connectivity index (χ2n) is 6.04. The zero-order chi connectivity index (χ0) is 12.9. The zero-order valence-corrected chi connectivity index (χ0v) is 12.0. The SMILES string of the molecule is CCCNC(CCC(C)(C)C)c1cncn1C. The van der Waals surface area contributed by atoms with E-state index in [1.807, 2.05) is 12.5 Å². The van der Waals surface area contributed by atoms with Crippen LogP contribution in [-0.2, 0) is 7.05 Å². The van der Waals surface area contributed by atoms with Gasteiger partial charge in [-0.25, -0.2) is 4.98 Å². The maximum Gasteiger partial charge on any atom is 0.0946 e. The van der Waals surface area contributed by atoms with E-state index in [1.54, 1.807) is 0 Å². The smallest absolute Gasteiger partial charge is 0.0946 e. The Kier molecular flexibility index (Phi) is 5.19. The van der Waals surface area contributed by atoms with Gasteiger partial charge in [-0.1, -0.05) is 27.7 Å². The molecule has 1 N–H and O–H groups in total. The van der Waals surface area contributed by atoms with Gasteiger partial charge >= 0.3 is 0 Å². The number of imidazole rings is 1. The minimum Gasteiger partial charge on any atom is -0.336 e. The molecule has 0 aliphatic rings. The van der Waals surface area contributed by atoms with Crippen molar-refractivity contribution >= 4 is 0 Å². The van der Waals surface area contributed by atoms with Crippen molar-refractivity contribution in [1.82, 2.24) is 14.9 Å². The quantitative estimate of drug-likeness (QED) is 0.823. The third-order valence-electron chi connectivity index (χ3n) is 3.03. The van der Waals surface area contributed by atoms with E-state index in [4.69, 9.17) is 0 Å². The van der Waals surface area contributed by atoms with Crippen molar-refractivity contribution in [3.8, 4) is 0 Å². The van der Waals surface area contributed by atoms with Gasteiger partial charge < -0.3 is 9.88 Å². The minimum absolute atomic E-state index is 0.394. The first-order chi connectivity index (χ1) is 7.94. The van der Waals surface area contributed by atoms with Crippen LogP contribution in [-0.4, -0.2) is 16.1 Å². The van der Waals surface area contributed by atoms with Crippen LogP contribution in [0.15, 0.2) is 12.5 Å². The highest BCUT2D eigenvalue weighted by Gasteiger charge is 2.18. The van der Waals surface area contributed by atoms with Gasteiger partial charge in [0.15, 0.2) is 0 Å². The molecule has 0 saturated heterocycles. The van der Waals surface area contributed by atoms with Crippen LogP contribution in [0.2, 0.25) is 0 Å². The molecule has 0 aromatic carbocycles. The number of hydrogen-bond donors (Lipinski definition) is 1. The lowest BCUT2D eigenvalue weighted by Crippen LogP contribution is -2.25. The van der Waals surface area contributed by atoms with Crippen molar-refractivity contribution in [3.05, 3.63) is 18.2 Å². The van der Waals surface area contributed by atoms with Crippen LogP contribution in [0.4, 0.5) is 0 Å². The van der Waals surface area contributed by atoms with Crippen molar-refractivity contribution in [2.75, 3.05) is 6.54 Å². The maximum atomic E-state index is 4.22. The lowest BCUT2D eigenvalue weighted by Gasteiger charge is -2.24. The molecule has 1 heterocycles. The number of hydrogen-bond acceptors (Lipinski definition) is 2. The Hall–Kier alpha value is -0.830. The normalized spacial score (nSPS) is 13.9. The van der Waals surface area contributed by atoms with E-state index < -0.39 is 0 Å². The lowest BCUT2D eigenvalue weighted by molar-refractivity contribution is 0.328. The molecule has 1 rings (SSSR count). The van der Waals surface area contributed by atoms with Crippen LogP contribution in [0.25, 0.3) is 0 Å². The first-order valence-corrected chi connectivity index (χ1v) is 6.63. The third-order valence-corrected chi connectivity index (χ3v) is 3.03. The highest BCUT2D eigenvalue weighted by molar-refractivity contribution is 5.04. The molecule has 1 atom stereocenters. The first kappa shape index (κ1) is 14.2. The third kappa shape index (κ3) is 4.90. The lowest BCUT2D eigenvalue weighted by atomic mass is 9.88. The van der Waals surface area contributed by atoms with Crippen LogP contribution < -0.4 is 5.32 Å². The summed E-state index contributed by atoms with van der Waals surface area (Å²) in [5.41, 5.74) is 1.69. The van der Waals surface area contributed by atoms with E-state index in [2.05, 4.69) is 49.6 Å². The van der Waals surface area contributed by atoms with Gasteiger partial charge in [-0.15, -0.1) is 0 Å². The Labute approximate surface area is 106 Å². The number of nitrogens with one attached hydrogen (secondary N) is 1. The van der Waals surface area contributed by atoms with Gasteiger partial charge in [-0.3, -0.25) is 0 Å². The average molecular weight is 237 g/mol. The molecule has 0 radical (unpaired) electrons. The van der Waals surface area contributed by atoms with Gasteiger partial charge in [0, 0.05) is 19.3 Å². The average Bonchev–Trinajstić information content (AvgIpc) is 2.63. The monoisotopic (exact) mass is 237 g/mol. The predicted molar refractivity (Wildman–Crippen MR) is 72.9 cm³/mol. The maximum absolute atomic E-state index is 4.22.